The fourth-order valence-electron chi connectivity index (χ4n) is 2.30. The van der Waals surface area contributed by atoms with Crippen LogP contribution >= 0.6 is 7.60 Å². The van der Waals surface area contributed by atoms with Gasteiger partial charge in [0.05, 0.1) is 18.7 Å². The van der Waals surface area contributed by atoms with Crippen LogP contribution < -0.4 is 9.47 Å². The van der Waals surface area contributed by atoms with Gasteiger partial charge in [-0.15, -0.1) is 0 Å². The van der Waals surface area contributed by atoms with E-state index < -0.39 is 36.7 Å². The highest BCUT2D eigenvalue weighted by molar-refractivity contribution is 7.50. The van der Waals surface area contributed by atoms with Crippen molar-refractivity contribution in [3.05, 3.63) is 53.7 Å². The molecule has 10 heteroatoms. The number of fused-ring (bicyclic) bond motifs is 1. The summed E-state index contributed by atoms with van der Waals surface area (Å²) in [6, 6.07) is 6.08. The smallest absolute Gasteiger partial charge is 0.330 e. The molecule has 0 bridgehead atoms. The van der Waals surface area contributed by atoms with E-state index in [0.717, 1.165) is 6.07 Å². The Morgan fingerprint density at radius 3 is 2.58 bits per heavy atom. The minimum atomic E-state index is -4.53. The highest BCUT2D eigenvalue weighted by Gasteiger charge is 2.20. The molecule has 0 atom stereocenters. The summed E-state index contributed by atoms with van der Waals surface area (Å²) in [5, 5.41) is 0.451. The quantitative estimate of drug-likeness (QED) is 0.652. The zero-order chi connectivity index (χ0) is 18.9. The molecule has 0 saturated carbocycles. The Labute approximate surface area is 146 Å². The van der Waals surface area contributed by atoms with Crippen molar-refractivity contribution in [3.8, 4) is 17.4 Å². The lowest BCUT2D eigenvalue weighted by molar-refractivity contribution is 0.370. The largest absolute Gasteiger partial charge is 0.481 e. The zero-order valence-electron chi connectivity index (χ0n) is 13.4. The first-order chi connectivity index (χ1) is 12.3. The van der Waals surface area contributed by atoms with E-state index in [2.05, 4.69) is 9.97 Å². The number of aromatic nitrogens is 2. The molecule has 3 aromatic rings. The molecule has 0 amide bonds. The summed E-state index contributed by atoms with van der Waals surface area (Å²) in [4.78, 5) is 26.0. The van der Waals surface area contributed by atoms with E-state index in [-0.39, 0.29) is 5.75 Å². The second-order valence-electron chi connectivity index (χ2n) is 5.33. The van der Waals surface area contributed by atoms with E-state index in [1.165, 1.54) is 19.4 Å². The van der Waals surface area contributed by atoms with Gasteiger partial charge < -0.3 is 19.3 Å². The lowest BCUT2D eigenvalue weighted by atomic mass is 10.2. The van der Waals surface area contributed by atoms with Gasteiger partial charge in [0, 0.05) is 23.9 Å². The van der Waals surface area contributed by atoms with Crippen LogP contribution in [0.15, 0.2) is 36.5 Å². The van der Waals surface area contributed by atoms with Gasteiger partial charge in [-0.25, -0.2) is 13.8 Å². The number of hydrogen-bond donors (Lipinski definition) is 2. The third-order valence-corrected chi connectivity index (χ3v) is 4.20. The van der Waals surface area contributed by atoms with Crippen molar-refractivity contribution in [3.63, 3.8) is 0 Å². The predicted molar refractivity (Wildman–Crippen MR) is 88.3 cm³/mol. The Hall–Kier alpha value is -2.61. The molecule has 0 spiro atoms. The van der Waals surface area contributed by atoms with Crippen molar-refractivity contribution in [2.24, 2.45) is 0 Å². The number of nitrogens with zero attached hydrogens (tertiary/aromatic N) is 2. The standard InChI is InChI=1S/C16H13F2N2O5P/c1-24-15-3-2-10-13(4-5-19-16(10)20-15)25-14-7-11(17)9(6-12(14)18)8-26(21,22)23/h2-7H,8H2,1H3,(H2,21,22,23). The van der Waals surface area contributed by atoms with Gasteiger partial charge in [0.2, 0.25) is 5.88 Å². The molecular formula is C16H13F2N2O5P. The minimum absolute atomic E-state index is 0.186. The van der Waals surface area contributed by atoms with Crippen LogP contribution in [0.3, 0.4) is 0 Å². The van der Waals surface area contributed by atoms with E-state index >= 15 is 0 Å². The minimum Gasteiger partial charge on any atom is -0.481 e. The number of pyridine rings is 2. The lowest BCUT2D eigenvalue weighted by Gasteiger charge is -2.12. The van der Waals surface area contributed by atoms with E-state index in [9.17, 15) is 13.3 Å². The molecular weight excluding hydrogens is 369 g/mol. The first-order valence-electron chi connectivity index (χ1n) is 7.27. The highest BCUT2D eigenvalue weighted by atomic mass is 31.2. The van der Waals surface area contributed by atoms with Crippen LogP contribution in [0, 0.1) is 11.6 Å². The second-order valence-corrected chi connectivity index (χ2v) is 6.98. The molecule has 3 rings (SSSR count). The zero-order valence-corrected chi connectivity index (χ0v) is 14.3. The van der Waals surface area contributed by atoms with Gasteiger partial charge in [0.1, 0.15) is 11.6 Å². The maximum atomic E-state index is 14.2. The Morgan fingerprint density at radius 1 is 1.12 bits per heavy atom. The van der Waals surface area contributed by atoms with Crippen LogP contribution in [0.5, 0.6) is 17.4 Å². The normalized spacial score (nSPS) is 11.6. The summed E-state index contributed by atoms with van der Waals surface area (Å²) in [7, 11) is -3.08. The van der Waals surface area contributed by atoms with E-state index in [1.807, 2.05) is 0 Å². The summed E-state index contributed by atoms with van der Waals surface area (Å²) in [6.07, 6.45) is 0.485. The van der Waals surface area contributed by atoms with Gasteiger partial charge in [-0.2, -0.15) is 4.98 Å². The van der Waals surface area contributed by atoms with E-state index in [1.54, 1.807) is 12.1 Å². The van der Waals surface area contributed by atoms with Gasteiger partial charge in [-0.3, -0.25) is 4.57 Å². The van der Waals surface area contributed by atoms with Gasteiger partial charge in [0.25, 0.3) is 0 Å². The van der Waals surface area contributed by atoms with Crippen LogP contribution in [-0.4, -0.2) is 26.9 Å². The van der Waals surface area contributed by atoms with E-state index in [0.29, 0.717) is 23.0 Å². The average Bonchev–Trinajstić information content (AvgIpc) is 2.57. The fourth-order valence-corrected chi connectivity index (χ4v) is 2.99. The SMILES string of the molecule is COc1ccc2c(Oc3cc(F)c(CP(=O)(O)O)cc3F)ccnc2n1. The molecule has 7 nitrogen and oxygen atoms in total. The average molecular weight is 382 g/mol. The van der Waals surface area contributed by atoms with E-state index in [4.69, 9.17) is 19.3 Å². The van der Waals surface area contributed by atoms with Crippen molar-refractivity contribution in [1.29, 1.82) is 0 Å². The van der Waals surface area contributed by atoms with Crippen LogP contribution in [0.2, 0.25) is 0 Å². The molecule has 2 N–H and O–H groups in total. The van der Waals surface area contributed by atoms with Gasteiger partial charge in [-0.05, 0) is 18.2 Å². The summed E-state index contributed by atoms with van der Waals surface area (Å²) in [5.74, 6) is -1.85. The van der Waals surface area contributed by atoms with Gasteiger partial charge >= 0.3 is 7.60 Å². The molecule has 0 aliphatic rings. The fraction of sp³-hybridized carbons (Fsp3) is 0.125. The van der Waals surface area contributed by atoms with Crippen LogP contribution in [0.25, 0.3) is 11.0 Å². The molecule has 1 aromatic carbocycles. The number of methoxy groups -OCH3 is 1. The van der Waals surface area contributed by atoms with Crippen LogP contribution in [0.1, 0.15) is 5.56 Å². The van der Waals surface area contributed by atoms with Gasteiger partial charge in [0.15, 0.2) is 17.2 Å². The molecule has 0 fully saturated rings. The third kappa shape index (κ3) is 3.96. The van der Waals surface area contributed by atoms with Crippen molar-refractivity contribution in [2.45, 2.75) is 6.16 Å². The Morgan fingerprint density at radius 2 is 1.88 bits per heavy atom. The predicted octanol–water partition coefficient (Wildman–Crippen LogP) is 3.39. The maximum Gasteiger partial charge on any atom is 0.330 e. The van der Waals surface area contributed by atoms with Crippen molar-refractivity contribution < 1.29 is 32.6 Å². The van der Waals surface area contributed by atoms with Crippen molar-refractivity contribution >= 4 is 18.6 Å². The highest BCUT2D eigenvalue weighted by Crippen LogP contribution is 2.41. The molecule has 136 valence electrons. The Kier molecular flexibility index (Phi) is 4.86. The first-order valence-corrected chi connectivity index (χ1v) is 9.06. The molecule has 0 saturated heterocycles. The van der Waals surface area contributed by atoms with Crippen LogP contribution in [-0.2, 0) is 10.7 Å². The summed E-state index contributed by atoms with van der Waals surface area (Å²) in [5.41, 5.74) is -0.143. The molecule has 0 aliphatic carbocycles. The molecule has 2 heterocycles. The van der Waals surface area contributed by atoms with Gasteiger partial charge in [-0.1, -0.05) is 0 Å². The molecule has 2 aromatic heterocycles. The summed E-state index contributed by atoms with van der Waals surface area (Å²) in [6.45, 7) is 0. The number of halogens is 2. The topological polar surface area (TPSA) is 102 Å². The number of benzene rings is 1. The Balaban J connectivity index is 1.98. The van der Waals surface area contributed by atoms with Crippen molar-refractivity contribution in [2.75, 3.05) is 7.11 Å². The molecule has 0 radical (unpaired) electrons. The number of hydrogen-bond acceptors (Lipinski definition) is 5. The Bertz CT molecular complexity index is 1020. The summed E-state index contributed by atoms with van der Waals surface area (Å²) < 4.78 is 49.7. The lowest BCUT2D eigenvalue weighted by Crippen LogP contribution is -1.98. The van der Waals surface area contributed by atoms with Crippen molar-refractivity contribution in [1.82, 2.24) is 9.97 Å². The molecule has 0 aliphatic heterocycles. The second kappa shape index (κ2) is 6.95. The van der Waals surface area contributed by atoms with Crippen LogP contribution in [0.4, 0.5) is 8.78 Å². The molecule has 26 heavy (non-hydrogen) atoms. The maximum absolute atomic E-state index is 14.2. The molecule has 0 unspecified atom stereocenters. The summed E-state index contributed by atoms with van der Waals surface area (Å²) >= 11 is 0. The number of ether oxygens (including phenoxy) is 2. The first kappa shape index (κ1) is 18.2. The number of rotatable bonds is 5. The monoisotopic (exact) mass is 382 g/mol. The third-order valence-electron chi connectivity index (χ3n) is 3.44.